The fourth-order valence-electron chi connectivity index (χ4n) is 3.17. The fourth-order valence-corrected chi connectivity index (χ4v) is 3.17. The van der Waals surface area contributed by atoms with Gasteiger partial charge in [-0.2, -0.15) is 10.2 Å². The first kappa shape index (κ1) is 16.9. The zero-order valence-corrected chi connectivity index (χ0v) is 14.9. The van der Waals surface area contributed by atoms with Crippen LogP contribution in [-0.4, -0.2) is 55.3 Å². The van der Waals surface area contributed by atoms with Crippen molar-refractivity contribution in [2.24, 2.45) is 0 Å². The van der Waals surface area contributed by atoms with Gasteiger partial charge in [-0.05, 0) is 12.5 Å². The third kappa shape index (κ3) is 4.14. The maximum absolute atomic E-state index is 5.85. The van der Waals surface area contributed by atoms with Gasteiger partial charge in [-0.15, -0.1) is 0 Å². The van der Waals surface area contributed by atoms with Gasteiger partial charge in [0.25, 0.3) is 0 Å². The van der Waals surface area contributed by atoms with Gasteiger partial charge in [0.05, 0.1) is 19.3 Å². The minimum atomic E-state index is 0.128. The molecule has 0 spiro atoms. The lowest BCUT2D eigenvalue weighted by atomic mass is 10.1. The van der Waals surface area contributed by atoms with Crippen molar-refractivity contribution >= 4 is 0 Å². The first-order chi connectivity index (χ1) is 12.8. The molecule has 0 amide bonds. The number of hydrogen-bond acceptors (Lipinski definition) is 6. The maximum atomic E-state index is 5.85. The van der Waals surface area contributed by atoms with E-state index in [-0.39, 0.29) is 6.10 Å². The molecule has 3 aromatic rings. The molecule has 1 aliphatic rings. The molecule has 2 aromatic heterocycles. The molecule has 3 heterocycles. The monoisotopic (exact) mass is 353 g/mol. The van der Waals surface area contributed by atoms with E-state index in [9.17, 15) is 0 Å². The van der Waals surface area contributed by atoms with Crippen molar-refractivity contribution in [3.63, 3.8) is 0 Å². The molecule has 1 aromatic carbocycles. The van der Waals surface area contributed by atoms with E-state index >= 15 is 0 Å². The Bertz CT molecular complexity index is 837. The number of nitrogens with zero attached hydrogens (tertiary/aromatic N) is 6. The zero-order valence-electron chi connectivity index (χ0n) is 14.9. The molecule has 1 unspecified atom stereocenters. The fraction of sp³-hybridized carbons (Fsp3) is 0.444. The highest BCUT2D eigenvalue weighted by Crippen LogP contribution is 2.12. The normalized spacial score (nSPS) is 17.5. The van der Waals surface area contributed by atoms with Crippen molar-refractivity contribution in [1.82, 2.24) is 34.8 Å². The maximum Gasteiger partial charge on any atom is 0.172 e. The van der Waals surface area contributed by atoms with Crippen LogP contribution in [0.4, 0.5) is 0 Å². The van der Waals surface area contributed by atoms with Crippen LogP contribution in [-0.2, 0) is 24.2 Å². The van der Waals surface area contributed by atoms with Crippen LogP contribution in [0.5, 0.6) is 0 Å². The minimum Gasteiger partial charge on any atom is -0.375 e. The summed E-state index contributed by atoms with van der Waals surface area (Å²) in [7, 11) is 0. The molecule has 1 fully saturated rings. The molecular weight excluding hydrogens is 330 g/mol. The quantitative estimate of drug-likeness (QED) is 0.706. The van der Waals surface area contributed by atoms with Crippen LogP contribution in [0, 0.1) is 6.92 Å². The number of nitrogens with one attached hydrogen (secondary N) is 1. The van der Waals surface area contributed by atoms with Crippen LogP contribution in [0.15, 0.2) is 36.9 Å². The molecule has 0 aliphatic carbocycles. The van der Waals surface area contributed by atoms with Crippen molar-refractivity contribution in [3.8, 4) is 0 Å². The third-order valence-corrected chi connectivity index (χ3v) is 4.39. The highest BCUT2D eigenvalue weighted by atomic mass is 16.5. The van der Waals surface area contributed by atoms with Gasteiger partial charge in [0.1, 0.15) is 25.0 Å². The lowest BCUT2D eigenvalue weighted by Gasteiger charge is -2.23. The summed E-state index contributed by atoms with van der Waals surface area (Å²) in [4.78, 5) is 8.73. The second-order valence-electron chi connectivity index (χ2n) is 6.59. The van der Waals surface area contributed by atoms with Gasteiger partial charge in [0, 0.05) is 19.5 Å². The number of rotatable bonds is 6. The Morgan fingerprint density at radius 3 is 3.04 bits per heavy atom. The lowest BCUT2D eigenvalue weighted by molar-refractivity contribution is 0.0274. The van der Waals surface area contributed by atoms with Gasteiger partial charge in [0.15, 0.2) is 5.82 Å². The molecule has 8 heteroatoms. The SMILES string of the molecule is Cc1cccc(Cn2nc(Cn3cncn3)nc2CC2CNCCO2)c1. The van der Waals surface area contributed by atoms with Gasteiger partial charge in [0.2, 0.25) is 0 Å². The molecule has 1 N–H and O–H groups in total. The van der Waals surface area contributed by atoms with Crippen LogP contribution < -0.4 is 5.32 Å². The third-order valence-electron chi connectivity index (χ3n) is 4.39. The standard InChI is InChI=1S/C18H23N7O/c1-14-3-2-4-15(7-14)10-25-18(8-16-9-19-5-6-26-16)22-17(23-25)11-24-13-20-12-21-24/h2-4,7,12-13,16,19H,5-6,8-11H2,1H3. The van der Waals surface area contributed by atoms with Crippen LogP contribution in [0.3, 0.4) is 0 Å². The van der Waals surface area contributed by atoms with Gasteiger partial charge in [-0.3, -0.25) is 0 Å². The van der Waals surface area contributed by atoms with Crippen LogP contribution in [0.1, 0.15) is 22.8 Å². The summed E-state index contributed by atoms with van der Waals surface area (Å²) in [5.74, 6) is 1.68. The summed E-state index contributed by atoms with van der Waals surface area (Å²) in [6.07, 6.45) is 4.06. The molecule has 0 radical (unpaired) electrons. The molecular formula is C18H23N7O. The Morgan fingerprint density at radius 1 is 1.31 bits per heavy atom. The van der Waals surface area contributed by atoms with Gasteiger partial charge >= 0.3 is 0 Å². The Labute approximate surface area is 152 Å². The molecule has 8 nitrogen and oxygen atoms in total. The highest BCUT2D eigenvalue weighted by molar-refractivity contribution is 5.22. The van der Waals surface area contributed by atoms with Crippen molar-refractivity contribution in [3.05, 3.63) is 59.7 Å². The summed E-state index contributed by atoms with van der Waals surface area (Å²) in [6, 6.07) is 8.48. The van der Waals surface area contributed by atoms with Gasteiger partial charge in [-0.25, -0.2) is 19.3 Å². The number of ether oxygens (including phenoxy) is 1. The van der Waals surface area contributed by atoms with E-state index in [0.717, 1.165) is 37.8 Å². The molecule has 0 bridgehead atoms. The van der Waals surface area contributed by atoms with E-state index in [2.05, 4.69) is 46.6 Å². The number of benzene rings is 1. The zero-order chi connectivity index (χ0) is 17.8. The number of hydrogen-bond donors (Lipinski definition) is 1. The predicted octanol–water partition coefficient (Wildman–Crippen LogP) is 0.806. The number of morpholine rings is 1. The minimum absolute atomic E-state index is 0.128. The highest BCUT2D eigenvalue weighted by Gasteiger charge is 2.19. The Kier molecular flexibility index (Phi) is 5.03. The molecule has 1 saturated heterocycles. The first-order valence-corrected chi connectivity index (χ1v) is 8.89. The molecule has 4 rings (SSSR count). The van der Waals surface area contributed by atoms with Crippen molar-refractivity contribution in [2.45, 2.75) is 32.5 Å². The van der Waals surface area contributed by atoms with E-state index < -0.39 is 0 Å². The van der Waals surface area contributed by atoms with Crippen LogP contribution in [0.25, 0.3) is 0 Å². The van der Waals surface area contributed by atoms with E-state index in [0.29, 0.717) is 13.1 Å². The van der Waals surface area contributed by atoms with Crippen LogP contribution >= 0.6 is 0 Å². The summed E-state index contributed by atoms with van der Waals surface area (Å²) in [5, 5.41) is 12.2. The largest absolute Gasteiger partial charge is 0.375 e. The summed E-state index contributed by atoms with van der Waals surface area (Å²) < 4.78 is 9.57. The van der Waals surface area contributed by atoms with Crippen molar-refractivity contribution in [2.75, 3.05) is 19.7 Å². The Hall–Kier alpha value is -2.58. The van der Waals surface area contributed by atoms with Crippen molar-refractivity contribution < 1.29 is 4.74 Å². The molecule has 1 atom stereocenters. The average molecular weight is 353 g/mol. The van der Waals surface area contributed by atoms with E-state index in [4.69, 9.17) is 14.8 Å². The van der Waals surface area contributed by atoms with E-state index in [1.807, 2.05) is 4.68 Å². The van der Waals surface area contributed by atoms with Gasteiger partial charge < -0.3 is 10.1 Å². The average Bonchev–Trinajstić information content (AvgIpc) is 3.27. The summed E-state index contributed by atoms with van der Waals surface area (Å²) in [6.45, 7) is 5.80. The summed E-state index contributed by atoms with van der Waals surface area (Å²) in [5.41, 5.74) is 2.46. The van der Waals surface area contributed by atoms with Crippen molar-refractivity contribution in [1.29, 1.82) is 0 Å². The second-order valence-corrected chi connectivity index (χ2v) is 6.59. The Balaban J connectivity index is 1.57. The predicted molar refractivity (Wildman–Crippen MR) is 95.7 cm³/mol. The van der Waals surface area contributed by atoms with E-state index in [1.165, 1.54) is 17.5 Å². The molecule has 136 valence electrons. The number of aryl methyl sites for hydroxylation is 1. The molecule has 0 saturated carbocycles. The van der Waals surface area contributed by atoms with Gasteiger partial charge in [-0.1, -0.05) is 29.8 Å². The second kappa shape index (κ2) is 7.76. The number of aromatic nitrogens is 6. The Morgan fingerprint density at radius 2 is 2.27 bits per heavy atom. The smallest absolute Gasteiger partial charge is 0.172 e. The topological polar surface area (TPSA) is 82.7 Å². The first-order valence-electron chi connectivity index (χ1n) is 8.89. The molecule has 26 heavy (non-hydrogen) atoms. The van der Waals surface area contributed by atoms with E-state index in [1.54, 1.807) is 11.0 Å². The lowest BCUT2D eigenvalue weighted by Crippen LogP contribution is -2.40. The molecule has 1 aliphatic heterocycles. The van der Waals surface area contributed by atoms with Crippen LogP contribution in [0.2, 0.25) is 0 Å². The summed E-state index contributed by atoms with van der Waals surface area (Å²) >= 11 is 0.